The molecule has 0 saturated heterocycles. The molecule has 0 bridgehead atoms. The second-order valence-electron chi connectivity index (χ2n) is 4.25. The van der Waals surface area contributed by atoms with Crippen LogP contribution in [0.5, 0.6) is 0 Å². The molecule has 6 heteroatoms. The summed E-state index contributed by atoms with van der Waals surface area (Å²) in [4.78, 5) is 4.76. The van der Waals surface area contributed by atoms with Crippen LogP contribution in [0.15, 0.2) is 23.6 Å². The molecule has 19 heavy (non-hydrogen) atoms. The topological polar surface area (TPSA) is 50.9 Å². The number of nitrogens with one attached hydrogen (secondary N) is 1. The first-order valence-corrected chi connectivity index (χ1v) is 7.42. The Labute approximate surface area is 126 Å². The highest BCUT2D eigenvalue weighted by molar-refractivity contribution is 7.80. The van der Waals surface area contributed by atoms with Crippen LogP contribution >= 0.6 is 35.2 Å². The predicted molar refractivity (Wildman–Crippen MR) is 86.2 cm³/mol. The number of benzene rings is 1. The minimum absolute atomic E-state index is 0.130. The van der Waals surface area contributed by atoms with E-state index in [0.29, 0.717) is 15.6 Å². The van der Waals surface area contributed by atoms with Crippen molar-refractivity contribution >= 4 is 45.8 Å². The van der Waals surface area contributed by atoms with Gasteiger partial charge in [-0.05, 0) is 32.0 Å². The molecule has 0 fully saturated rings. The van der Waals surface area contributed by atoms with Crippen LogP contribution in [-0.4, -0.2) is 9.97 Å². The lowest BCUT2D eigenvalue weighted by Gasteiger charge is -2.14. The van der Waals surface area contributed by atoms with Gasteiger partial charge in [0.2, 0.25) is 0 Å². The molecule has 1 aromatic heterocycles. The minimum Gasteiger partial charge on any atom is -0.389 e. The predicted octanol–water partition coefficient (Wildman–Crippen LogP) is 3.91. The number of thiazole rings is 1. The Balaban J connectivity index is 2.15. The van der Waals surface area contributed by atoms with Gasteiger partial charge in [-0.25, -0.2) is 4.98 Å². The number of halogens is 1. The number of nitrogens with two attached hydrogens (primary N) is 1. The van der Waals surface area contributed by atoms with Crippen LogP contribution in [0.25, 0.3) is 0 Å². The standard InChI is InChI=1S/C13H14ClN3S2/c1-7-6-19-13(16-7)8(2)17-9-3-4-10(12(15)18)11(14)5-9/h3-6,8,17H,1-2H3,(H2,15,18). The molecule has 0 aliphatic heterocycles. The molecule has 1 atom stereocenters. The maximum absolute atomic E-state index is 6.14. The van der Waals surface area contributed by atoms with Gasteiger partial charge in [-0.15, -0.1) is 11.3 Å². The number of aromatic nitrogens is 1. The third-order valence-corrected chi connectivity index (χ3v) is 4.30. The maximum Gasteiger partial charge on any atom is 0.115 e. The lowest BCUT2D eigenvalue weighted by atomic mass is 10.2. The molecule has 0 saturated carbocycles. The summed E-state index contributed by atoms with van der Waals surface area (Å²) < 4.78 is 0. The van der Waals surface area contributed by atoms with Gasteiger partial charge in [0.25, 0.3) is 0 Å². The van der Waals surface area contributed by atoms with Gasteiger partial charge < -0.3 is 11.1 Å². The molecule has 2 aromatic rings. The van der Waals surface area contributed by atoms with E-state index in [1.807, 2.05) is 30.5 Å². The number of anilines is 1. The Morgan fingerprint density at radius 3 is 2.79 bits per heavy atom. The SMILES string of the molecule is Cc1csc(C(C)Nc2ccc(C(N)=S)c(Cl)c2)n1. The molecule has 100 valence electrons. The smallest absolute Gasteiger partial charge is 0.115 e. The summed E-state index contributed by atoms with van der Waals surface area (Å²) in [7, 11) is 0. The first-order chi connectivity index (χ1) is 8.97. The zero-order chi connectivity index (χ0) is 14.0. The fourth-order valence-electron chi connectivity index (χ4n) is 1.69. The molecule has 1 aromatic carbocycles. The first kappa shape index (κ1) is 14.2. The van der Waals surface area contributed by atoms with Gasteiger partial charge in [0.1, 0.15) is 10.00 Å². The van der Waals surface area contributed by atoms with E-state index in [2.05, 4.69) is 17.2 Å². The molecule has 3 N–H and O–H groups in total. The molecule has 1 heterocycles. The van der Waals surface area contributed by atoms with Crippen LogP contribution in [-0.2, 0) is 0 Å². The van der Waals surface area contributed by atoms with Gasteiger partial charge in [0.15, 0.2) is 0 Å². The number of rotatable bonds is 4. The molecular formula is C13H14ClN3S2. The molecule has 2 rings (SSSR count). The Hall–Kier alpha value is -1.17. The zero-order valence-corrected chi connectivity index (χ0v) is 13.0. The molecule has 0 spiro atoms. The van der Waals surface area contributed by atoms with E-state index in [1.54, 1.807) is 11.3 Å². The first-order valence-electron chi connectivity index (χ1n) is 5.75. The highest BCUT2D eigenvalue weighted by Crippen LogP contribution is 2.26. The molecular weight excluding hydrogens is 298 g/mol. The average Bonchev–Trinajstić information content (AvgIpc) is 2.75. The molecule has 3 nitrogen and oxygen atoms in total. The summed E-state index contributed by atoms with van der Waals surface area (Å²) in [5, 5.41) is 7.00. The van der Waals surface area contributed by atoms with Crippen LogP contribution in [0.3, 0.4) is 0 Å². The normalized spacial score (nSPS) is 12.2. The maximum atomic E-state index is 6.14. The Kier molecular flexibility index (Phi) is 4.39. The van der Waals surface area contributed by atoms with Gasteiger partial charge in [0.05, 0.1) is 11.1 Å². The van der Waals surface area contributed by atoms with Crippen LogP contribution < -0.4 is 11.1 Å². The van der Waals surface area contributed by atoms with Crippen molar-refractivity contribution in [2.75, 3.05) is 5.32 Å². The van der Waals surface area contributed by atoms with E-state index < -0.39 is 0 Å². The largest absolute Gasteiger partial charge is 0.389 e. The van der Waals surface area contributed by atoms with Crippen molar-refractivity contribution in [2.45, 2.75) is 19.9 Å². The molecule has 0 aliphatic carbocycles. The van der Waals surface area contributed by atoms with E-state index in [9.17, 15) is 0 Å². The number of thiocarbonyl (C=S) groups is 1. The van der Waals surface area contributed by atoms with Crippen LogP contribution in [0.1, 0.15) is 29.2 Å². The minimum atomic E-state index is 0.130. The van der Waals surface area contributed by atoms with Crippen LogP contribution in [0.2, 0.25) is 5.02 Å². The average molecular weight is 312 g/mol. The number of hydrogen-bond acceptors (Lipinski definition) is 4. The van der Waals surface area contributed by atoms with Gasteiger partial charge in [-0.3, -0.25) is 0 Å². The van der Waals surface area contributed by atoms with Gasteiger partial charge in [-0.2, -0.15) is 0 Å². The second kappa shape index (κ2) is 5.86. The summed E-state index contributed by atoms with van der Waals surface area (Å²) in [6, 6.07) is 5.70. The van der Waals surface area contributed by atoms with Crippen LogP contribution in [0.4, 0.5) is 5.69 Å². The van der Waals surface area contributed by atoms with E-state index in [1.165, 1.54) is 0 Å². The highest BCUT2D eigenvalue weighted by Gasteiger charge is 2.10. The second-order valence-corrected chi connectivity index (χ2v) is 5.99. The van der Waals surface area contributed by atoms with Crippen molar-refractivity contribution in [1.29, 1.82) is 0 Å². The fraction of sp³-hybridized carbons (Fsp3) is 0.231. The molecule has 0 amide bonds. The highest BCUT2D eigenvalue weighted by atomic mass is 35.5. The molecule has 0 aliphatic rings. The number of nitrogens with zero attached hydrogens (tertiary/aromatic N) is 1. The van der Waals surface area contributed by atoms with Crippen molar-refractivity contribution in [3.8, 4) is 0 Å². The van der Waals surface area contributed by atoms with Crippen molar-refractivity contribution in [2.24, 2.45) is 5.73 Å². The van der Waals surface area contributed by atoms with E-state index >= 15 is 0 Å². The summed E-state index contributed by atoms with van der Waals surface area (Å²) in [6.07, 6.45) is 0. The quantitative estimate of drug-likeness (QED) is 0.841. The lowest BCUT2D eigenvalue weighted by molar-refractivity contribution is 0.864. The van der Waals surface area contributed by atoms with Crippen molar-refractivity contribution < 1.29 is 0 Å². The monoisotopic (exact) mass is 311 g/mol. The van der Waals surface area contributed by atoms with E-state index in [4.69, 9.17) is 29.6 Å². The van der Waals surface area contributed by atoms with Crippen molar-refractivity contribution in [1.82, 2.24) is 4.98 Å². The third-order valence-electron chi connectivity index (χ3n) is 2.62. The van der Waals surface area contributed by atoms with Crippen molar-refractivity contribution in [3.63, 3.8) is 0 Å². The van der Waals surface area contributed by atoms with Crippen LogP contribution in [0, 0.1) is 6.92 Å². The number of aryl methyl sites for hydroxylation is 1. The Bertz CT molecular complexity index is 610. The van der Waals surface area contributed by atoms with E-state index in [0.717, 1.165) is 16.4 Å². The Morgan fingerprint density at radius 2 is 2.26 bits per heavy atom. The van der Waals surface area contributed by atoms with Gasteiger partial charge >= 0.3 is 0 Å². The zero-order valence-electron chi connectivity index (χ0n) is 10.6. The van der Waals surface area contributed by atoms with Gasteiger partial charge in [0, 0.05) is 22.3 Å². The lowest BCUT2D eigenvalue weighted by Crippen LogP contribution is -2.11. The van der Waals surface area contributed by atoms with Crippen molar-refractivity contribution in [3.05, 3.63) is 44.9 Å². The summed E-state index contributed by atoms with van der Waals surface area (Å²) >= 11 is 12.7. The molecule has 1 unspecified atom stereocenters. The fourth-order valence-corrected chi connectivity index (χ4v) is 3.01. The third kappa shape index (κ3) is 3.43. The van der Waals surface area contributed by atoms with Gasteiger partial charge in [-0.1, -0.05) is 23.8 Å². The number of hydrogen-bond donors (Lipinski definition) is 2. The molecule has 0 radical (unpaired) electrons. The van der Waals surface area contributed by atoms with E-state index in [-0.39, 0.29) is 6.04 Å². The summed E-state index contributed by atoms with van der Waals surface area (Å²) in [6.45, 7) is 4.05. The Morgan fingerprint density at radius 1 is 1.53 bits per heavy atom. The summed E-state index contributed by atoms with van der Waals surface area (Å²) in [5.74, 6) is 0. The summed E-state index contributed by atoms with van der Waals surface area (Å²) in [5.41, 5.74) is 8.23.